The summed E-state index contributed by atoms with van der Waals surface area (Å²) in [6, 6.07) is 0. The first kappa shape index (κ1) is 18.6. The van der Waals surface area contributed by atoms with Crippen LogP contribution < -0.4 is 4.90 Å². The molecule has 2 aliphatic heterocycles. The summed E-state index contributed by atoms with van der Waals surface area (Å²) in [6.07, 6.45) is 4.19. The largest absolute Gasteiger partial charge is 0.331 e. The summed E-state index contributed by atoms with van der Waals surface area (Å²) >= 11 is 1.53. The number of hydrogen-bond donors (Lipinski definition) is 1. The predicted octanol–water partition coefficient (Wildman–Crippen LogP) is -0.146. The minimum Gasteiger partial charge on any atom is -0.331 e. The van der Waals surface area contributed by atoms with Crippen LogP contribution >= 0.6 is 11.3 Å². The topological polar surface area (TPSA) is 75.0 Å². The van der Waals surface area contributed by atoms with Crippen LogP contribution in [0, 0.1) is 18.8 Å². The van der Waals surface area contributed by atoms with E-state index in [2.05, 4.69) is 4.98 Å². The number of fused-ring (bicyclic) bond motifs is 1. The molecule has 3 aliphatic rings. The Bertz CT molecular complexity index is 717. The maximum absolute atomic E-state index is 12.6. The van der Waals surface area contributed by atoms with E-state index in [4.69, 9.17) is 0 Å². The van der Waals surface area contributed by atoms with Gasteiger partial charge in [0, 0.05) is 11.1 Å². The zero-order valence-corrected chi connectivity index (χ0v) is 16.6. The number of likely N-dealkylation sites (tertiary alicyclic amines) is 1. The van der Waals surface area contributed by atoms with Gasteiger partial charge in [0.25, 0.3) is 0 Å². The highest BCUT2D eigenvalue weighted by Gasteiger charge is 2.49. The Hall–Kier alpha value is -1.80. The number of hydrogen-bond acceptors (Lipinski definition) is 5. The fourth-order valence-electron chi connectivity index (χ4n) is 4.57. The van der Waals surface area contributed by atoms with Crippen molar-refractivity contribution in [2.45, 2.75) is 39.0 Å². The molecule has 0 spiro atoms. The maximum Gasteiger partial charge on any atom is 0.237 e. The molecule has 1 aliphatic carbocycles. The highest BCUT2D eigenvalue weighted by Crippen LogP contribution is 2.37. The number of rotatable bonds is 4. The highest BCUT2D eigenvalue weighted by molar-refractivity contribution is 7.09. The van der Waals surface area contributed by atoms with Gasteiger partial charge in [-0.15, -0.1) is 11.3 Å². The molecule has 4 rings (SSSR count). The van der Waals surface area contributed by atoms with Crippen LogP contribution in [0.4, 0.5) is 0 Å². The number of nitrogens with zero attached hydrogens (tertiary/aromatic N) is 3. The molecule has 0 radical (unpaired) electrons. The van der Waals surface area contributed by atoms with Crippen LogP contribution in [0.5, 0.6) is 0 Å². The number of imide groups is 1. The van der Waals surface area contributed by atoms with E-state index in [0.29, 0.717) is 26.2 Å². The standard InChI is InChI=1S/C19H26N4O3S/c1-13-11-27-16(20-13)10-17(24)22-8-6-21(7-9-22)12-23-18(25)14-4-2-3-5-15(14)19(23)26/h11,14-15H,2-10,12H2,1H3/p+1/t14-,15-/m0/s1. The van der Waals surface area contributed by atoms with Gasteiger partial charge in [-0.2, -0.15) is 0 Å². The molecule has 3 fully saturated rings. The summed E-state index contributed by atoms with van der Waals surface area (Å²) in [5, 5.41) is 2.83. The third kappa shape index (κ3) is 3.78. The lowest BCUT2D eigenvalue weighted by molar-refractivity contribution is -0.911. The average molecular weight is 392 g/mol. The van der Waals surface area contributed by atoms with E-state index in [1.807, 2.05) is 17.2 Å². The minimum absolute atomic E-state index is 0.0369. The second-order valence-electron chi connectivity index (χ2n) is 7.95. The first-order chi connectivity index (χ1) is 13.0. The van der Waals surface area contributed by atoms with Crippen molar-refractivity contribution < 1.29 is 19.3 Å². The first-order valence-corrected chi connectivity index (χ1v) is 10.8. The van der Waals surface area contributed by atoms with Crippen molar-refractivity contribution in [2.75, 3.05) is 32.8 Å². The van der Waals surface area contributed by atoms with Crippen LogP contribution in [0.15, 0.2) is 5.38 Å². The van der Waals surface area contributed by atoms with Gasteiger partial charge in [-0.05, 0) is 19.8 Å². The molecule has 0 unspecified atom stereocenters. The number of quaternary nitrogens is 1. The van der Waals surface area contributed by atoms with Gasteiger partial charge in [-0.3, -0.25) is 14.4 Å². The van der Waals surface area contributed by atoms with Crippen molar-refractivity contribution >= 4 is 29.1 Å². The van der Waals surface area contributed by atoms with Crippen molar-refractivity contribution in [3.8, 4) is 0 Å². The smallest absolute Gasteiger partial charge is 0.237 e. The van der Waals surface area contributed by atoms with Crippen molar-refractivity contribution in [3.63, 3.8) is 0 Å². The van der Waals surface area contributed by atoms with Crippen LogP contribution in [-0.4, -0.2) is 65.4 Å². The second kappa shape index (κ2) is 7.67. The third-order valence-electron chi connectivity index (χ3n) is 6.11. The number of aryl methyl sites for hydroxylation is 1. The van der Waals surface area contributed by atoms with Crippen molar-refractivity contribution in [1.82, 2.24) is 14.8 Å². The lowest BCUT2D eigenvalue weighted by Crippen LogP contribution is -3.16. The Morgan fingerprint density at radius 3 is 2.37 bits per heavy atom. The maximum atomic E-state index is 12.6. The second-order valence-corrected chi connectivity index (χ2v) is 8.89. The molecule has 1 aromatic rings. The first-order valence-electron chi connectivity index (χ1n) is 9.90. The lowest BCUT2D eigenvalue weighted by atomic mass is 9.81. The molecule has 8 heteroatoms. The Balaban J connectivity index is 1.29. The number of aromatic nitrogens is 1. The lowest BCUT2D eigenvalue weighted by Gasteiger charge is -2.33. The Labute approximate surface area is 163 Å². The van der Waals surface area contributed by atoms with E-state index >= 15 is 0 Å². The molecule has 3 heterocycles. The number of thiazole rings is 1. The van der Waals surface area contributed by atoms with Gasteiger partial charge >= 0.3 is 0 Å². The fraction of sp³-hybridized carbons (Fsp3) is 0.684. The molecule has 0 aromatic carbocycles. The molecular formula is C19H27N4O3S+. The minimum atomic E-state index is -0.0738. The number of carbonyl (C=O) groups is 3. The zero-order valence-electron chi connectivity index (χ0n) is 15.8. The van der Waals surface area contributed by atoms with E-state index in [1.54, 1.807) is 0 Å². The summed E-state index contributed by atoms with van der Waals surface area (Å²) in [5.41, 5.74) is 0.956. The van der Waals surface area contributed by atoms with Gasteiger partial charge in [0.1, 0.15) is 5.01 Å². The van der Waals surface area contributed by atoms with Gasteiger partial charge in [0.2, 0.25) is 17.7 Å². The van der Waals surface area contributed by atoms with Crippen molar-refractivity contribution in [2.24, 2.45) is 11.8 Å². The Morgan fingerprint density at radius 2 is 1.81 bits per heavy atom. The van der Waals surface area contributed by atoms with Crippen molar-refractivity contribution in [3.05, 3.63) is 16.1 Å². The number of amides is 3. The average Bonchev–Trinajstić information content (AvgIpc) is 3.19. The molecule has 0 bridgehead atoms. The van der Waals surface area contributed by atoms with Gasteiger partial charge in [0.15, 0.2) is 6.67 Å². The summed E-state index contributed by atoms with van der Waals surface area (Å²) in [5.74, 6) is 0.0398. The predicted molar refractivity (Wildman–Crippen MR) is 100.0 cm³/mol. The fourth-order valence-corrected chi connectivity index (χ4v) is 5.33. The van der Waals surface area contributed by atoms with Gasteiger partial charge in [-0.25, -0.2) is 9.88 Å². The molecule has 7 nitrogen and oxygen atoms in total. The normalized spacial score (nSPS) is 26.6. The van der Waals surface area contributed by atoms with E-state index in [-0.39, 0.29) is 29.6 Å². The zero-order chi connectivity index (χ0) is 19.0. The summed E-state index contributed by atoms with van der Waals surface area (Å²) in [7, 11) is 0. The Kier molecular flexibility index (Phi) is 5.27. The monoisotopic (exact) mass is 391 g/mol. The third-order valence-corrected chi connectivity index (χ3v) is 7.07. The van der Waals surface area contributed by atoms with Gasteiger partial charge in [-0.1, -0.05) is 12.8 Å². The van der Waals surface area contributed by atoms with Crippen LogP contribution in [-0.2, 0) is 20.8 Å². The summed E-state index contributed by atoms with van der Waals surface area (Å²) in [4.78, 5) is 46.7. The quantitative estimate of drug-likeness (QED) is 0.725. The van der Waals surface area contributed by atoms with Crippen molar-refractivity contribution in [1.29, 1.82) is 0 Å². The van der Waals surface area contributed by atoms with E-state index in [0.717, 1.165) is 49.5 Å². The van der Waals surface area contributed by atoms with Crippen LogP contribution in [0.25, 0.3) is 0 Å². The molecule has 2 saturated heterocycles. The number of carbonyl (C=O) groups excluding carboxylic acids is 3. The van der Waals surface area contributed by atoms with Gasteiger partial charge < -0.3 is 9.80 Å². The van der Waals surface area contributed by atoms with Crippen LogP contribution in [0.2, 0.25) is 0 Å². The van der Waals surface area contributed by atoms with E-state index in [9.17, 15) is 14.4 Å². The van der Waals surface area contributed by atoms with E-state index < -0.39 is 0 Å². The molecule has 1 N–H and O–H groups in total. The molecule has 1 saturated carbocycles. The molecular weight excluding hydrogens is 364 g/mol. The van der Waals surface area contributed by atoms with E-state index in [1.165, 1.54) is 21.1 Å². The molecule has 2 atom stereocenters. The molecule has 27 heavy (non-hydrogen) atoms. The van der Waals surface area contributed by atoms with Crippen LogP contribution in [0.3, 0.4) is 0 Å². The summed E-state index contributed by atoms with van der Waals surface area (Å²) in [6.45, 7) is 5.27. The Morgan fingerprint density at radius 1 is 1.19 bits per heavy atom. The molecule has 3 amide bonds. The SMILES string of the molecule is Cc1csc(CC(=O)N2CC[NH+](CN3C(=O)[C@H]4CCCC[C@@H]4C3=O)CC2)n1. The highest BCUT2D eigenvalue weighted by atomic mass is 32.1. The number of piperazine rings is 1. The van der Waals surface area contributed by atoms with Gasteiger partial charge in [0.05, 0.1) is 44.4 Å². The number of nitrogens with one attached hydrogen (secondary N) is 1. The molecule has 146 valence electrons. The molecule has 1 aromatic heterocycles. The van der Waals surface area contributed by atoms with Crippen LogP contribution in [0.1, 0.15) is 36.4 Å². The summed E-state index contributed by atoms with van der Waals surface area (Å²) < 4.78 is 0.